The van der Waals surface area contributed by atoms with Crippen LogP contribution < -0.4 is 10.6 Å². The molecule has 0 aliphatic rings. The molecule has 2 aromatic carbocycles. The fraction of sp³-hybridized carbons (Fsp3) is 0.360. The van der Waals surface area contributed by atoms with Crippen LogP contribution in [-0.4, -0.2) is 64.4 Å². The largest absolute Gasteiger partial charge is 0.480 e. The van der Waals surface area contributed by atoms with E-state index in [1.807, 2.05) is 6.07 Å². The van der Waals surface area contributed by atoms with Crippen LogP contribution in [0.25, 0.3) is 0 Å². The molecule has 0 aliphatic heterocycles. The fourth-order valence-corrected chi connectivity index (χ4v) is 3.50. The zero-order valence-electron chi connectivity index (χ0n) is 20.6. The third-order valence-electron chi connectivity index (χ3n) is 5.32. The van der Waals surface area contributed by atoms with Crippen molar-refractivity contribution in [2.75, 3.05) is 13.2 Å². The highest BCUT2D eigenvalue weighted by molar-refractivity contribution is 5.85. The first-order valence-electron chi connectivity index (χ1n) is 11.7. The summed E-state index contributed by atoms with van der Waals surface area (Å²) in [5.74, 6) is -4.18. The quantitative estimate of drug-likeness (QED) is 0.159. The van der Waals surface area contributed by atoms with Crippen LogP contribution in [0, 0.1) is 10.1 Å². The summed E-state index contributed by atoms with van der Waals surface area (Å²) in [5.41, 5.74) is 0.768. The van der Waals surface area contributed by atoms with Gasteiger partial charge in [0.2, 0.25) is 5.91 Å². The van der Waals surface area contributed by atoms with Crippen molar-refractivity contribution in [3.63, 3.8) is 0 Å². The van der Waals surface area contributed by atoms with Crippen molar-refractivity contribution in [1.82, 2.24) is 10.6 Å². The number of carboxylic acid groups (broad SMARTS) is 1. The number of aliphatic hydroxyl groups is 1. The third kappa shape index (κ3) is 9.85. The van der Waals surface area contributed by atoms with Gasteiger partial charge in [-0.05, 0) is 18.1 Å². The predicted octanol–water partition coefficient (Wildman–Crippen LogP) is 1.88. The molecule has 3 atom stereocenters. The van der Waals surface area contributed by atoms with Crippen LogP contribution in [0.15, 0.2) is 54.6 Å². The summed E-state index contributed by atoms with van der Waals surface area (Å²) in [5, 5.41) is 35.5. The van der Waals surface area contributed by atoms with E-state index in [0.717, 1.165) is 17.7 Å². The average molecular weight is 532 g/mol. The Hall–Kier alpha value is -4.52. The van der Waals surface area contributed by atoms with Gasteiger partial charge in [0.05, 0.1) is 30.5 Å². The van der Waals surface area contributed by atoms with Crippen LogP contribution in [0.3, 0.4) is 0 Å². The second-order valence-corrected chi connectivity index (χ2v) is 8.15. The van der Waals surface area contributed by atoms with Crippen molar-refractivity contribution >= 4 is 29.6 Å². The number of aliphatic hydroxyl groups excluding tert-OH is 1. The van der Waals surface area contributed by atoms with E-state index in [1.54, 1.807) is 31.2 Å². The Morgan fingerprint density at radius 3 is 2.24 bits per heavy atom. The van der Waals surface area contributed by atoms with E-state index in [1.165, 1.54) is 12.1 Å². The van der Waals surface area contributed by atoms with Gasteiger partial charge in [0, 0.05) is 24.6 Å². The first-order chi connectivity index (χ1) is 18.1. The summed E-state index contributed by atoms with van der Waals surface area (Å²) in [6.07, 6.45) is -3.17. The normalized spacial score (nSPS) is 12.9. The summed E-state index contributed by atoms with van der Waals surface area (Å²) >= 11 is 0. The Bertz CT molecular complexity index is 1110. The van der Waals surface area contributed by atoms with Crippen LogP contribution >= 0.6 is 0 Å². The number of nitrogens with one attached hydrogen (secondary N) is 2. The number of non-ortho nitro benzene ring substituents is 1. The standard InChI is InChI=1S/C25H29N3O10/c1-2-37-22(31)13-20(17-8-10-18(11-9-17)28(35)36)23(24(32)33)27-21(30)12-19(29)14-26-25(34)38-15-16-6-4-3-5-7-16/h3-11,19-20,23,29H,2,12-15H2,1H3,(H,26,34)(H,27,30)(H,32,33)/t19-,20-,23-/m1/s1. The summed E-state index contributed by atoms with van der Waals surface area (Å²) in [6.45, 7) is 1.28. The molecule has 13 nitrogen and oxygen atoms in total. The second kappa shape index (κ2) is 14.9. The molecule has 0 saturated carbocycles. The number of amides is 2. The van der Waals surface area contributed by atoms with Crippen molar-refractivity contribution in [3.05, 3.63) is 75.8 Å². The third-order valence-corrected chi connectivity index (χ3v) is 5.32. The molecule has 0 aliphatic carbocycles. The monoisotopic (exact) mass is 531 g/mol. The number of alkyl carbamates (subject to hydrolysis) is 1. The maximum Gasteiger partial charge on any atom is 0.407 e. The minimum Gasteiger partial charge on any atom is -0.480 e. The van der Waals surface area contributed by atoms with Gasteiger partial charge in [-0.1, -0.05) is 42.5 Å². The highest BCUT2D eigenvalue weighted by Crippen LogP contribution is 2.27. The number of ether oxygens (including phenoxy) is 2. The number of nitro benzene ring substituents is 1. The van der Waals surface area contributed by atoms with Crippen LogP contribution in [0.5, 0.6) is 0 Å². The van der Waals surface area contributed by atoms with Crippen LogP contribution in [-0.2, 0) is 30.5 Å². The van der Waals surface area contributed by atoms with Gasteiger partial charge in [-0.2, -0.15) is 0 Å². The Balaban J connectivity index is 2.00. The van der Waals surface area contributed by atoms with Crippen LogP contribution in [0.2, 0.25) is 0 Å². The van der Waals surface area contributed by atoms with E-state index < -0.39 is 59.8 Å². The van der Waals surface area contributed by atoms with Gasteiger partial charge in [0.15, 0.2) is 0 Å². The van der Waals surface area contributed by atoms with Crippen LogP contribution in [0.4, 0.5) is 10.5 Å². The highest BCUT2D eigenvalue weighted by atomic mass is 16.6. The van der Waals surface area contributed by atoms with Gasteiger partial charge < -0.3 is 30.3 Å². The molecule has 38 heavy (non-hydrogen) atoms. The van der Waals surface area contributed by atoms with Gasteiger partial charge in [-0.3, -0.25) is 19.7 Å². The molecule has 2 aromatic rings. The Morgan fingerprint density at radius 1 is 1.00 bits per heavy atom. The first kappa shape index (κ1) is 29.7. The maximum atomic E-state index is 12.5. The predicted molar refractivity (Wildman–Crippen MR) is 132 cm³/mol. The van der Waals surface area contributed by atoms with E-state index in [4.69, 9.17) is 9.47 Å². The summed E-state index contributed by atoms with van der Waals surface area (Å²) in [7, 11) is 0. The summed E-state index contributed by atoms with van der Waals surface area (Å²) in [4.78, 5) is 58.9. The topological polar surface area (TPSA) is 194 Å². The number of esters is 1. The number of hydrogen-bond acceptors (Lipinski definition) is 9. The number of hydrogen-bond donors (Lipinski definition) is 4. The van der Waals surface area contributed by atoms with Crippen molar-refractivity contribution < 1.29 is 43.8 Å². The molecule has 204 valence electrons. The number of aliphatic carboxylic acids is 1. The molecule has 4 N–H and O–H groups in total. The van der Waals surface area contributed by atoms with E-state index in [-0.39, 0.29) is 31.0 Å². The molecule has 2 amide bonds. The zero-order chi connectivity index (χ0) is 28.1. The molecule has 0 saturated heterocycles. The molecule has 0 fully saturated rings. The lowest BCUT2D eigenvalue weighted by molar-refractivity contribution is -0.384. The number of carbonyl (C=O) groups is 4. The number of nitro groups is 1. The highest BCUT2D eigenvalue weighted by Gasteiger charge is 2.34. The lowest BCUT2D eigenvalue weighted by atomic mass is 9.88. The average Bonchev–Trinajstić information content (AvgIpc) is 2.89. The number of rotatable bonds is 14. The Kier molecular flexibility index (Phi) is 11.6. The van der Waals surface area contributed by atoms with Crippen LogP contribution in [0.1, 0.15) is 36.8 Å². The number of carboxylic acids is 1. The fourth-order valence-electron chi connectivity index (χ4n) is 3.50. The number of benzene rings is 2. The van der Waals surface area contributed by atoms with Gasteiger partial charge in [0.25, 0.3) is 5.69 Å². The van der Waals surface area contributed by atoms with Gasteiger partial charge in [-0.15, -0.1) is 0 Å². The molecular weight excluding hydrogens is 502 g/mol. The van der Waals surface area contributed by atoms with E-state index in [9.17, 15) is 39.5 Å². The molecule has 0 bridgehead atoms. The van der Waals surface area contributed by atoms with Gasteiger partial charge in [-0.25, -0.2) is 9.59 Å². The minimum absolute atomic E-state index is 0.00798. The number of carbonyl (C=O) groups excluding carboxylic acids is 3. The summed E-state index contributed by atoms with van der Waals surface area (Å²) < 4.78 is 9.93. The van der Waals surface area contributed by atoms with Crippen molar-refractivity contribution in [3.8, 4) is 0 Å². The molecule has 0 spiro atoms. The van der Waals surface area contributed by atoms with Gasteiger partial charge >= 0.3 is 18.0 Å². The Labute approximate surface area is 217 Å². The lowest BCUT2D eigenvalue weighted by Crippen LogP contribution is -2.47. The molecule has 0 heterocycles. The minimum atomic E-state index is -1.62. The molecule has 2 rings (SSSR count). The van der Waals surface area contributed by atoms with Crippen molar-refractivity contribution in [1.29, 1.82) is 0 Å². The van der Waals surface area contributed by atoms with E-state index in [2.05, 4.69) is 10.6 Å². The molecule has 0 aromatic heterocycles. The van der Waals surface area contributed by atoms with Crippen molar-refractivity contribution in [2.24, 2.45) is 0 Å². The van der Waals surface area contributed by atoms with E-state index >= 15 is 0 Å². The SMILES string of the molecule is CCOC(=O)C[C@H](c1ccc([N+](=O)[O-])cc1)[C@@H](NC(=O)C[C@@H](O)CNC(=O)OCc1ccccc1)C(=O)O. The molecule has 0 radical (unpaired) electrons. The molecule has 13 heteroatoms. The molecular formula is C25H29N3O10. The first-order valence-corrected chi connectivity index (χ1v) is 11.7. The molecule has 0 unspecified atom stereocenters. The smallest absolute Gasteiger partial charge is 0.407 e. The second-order valence-electron chi connectivity index (χ2n) is 8.15. The van der Waals surface area contributed by atoms with Crippen molar-refractivity contribution in [2.45, 2.75) is 44.4 Å². The zero-order valence-corrected chi connectivity index (χ0v) is 20.6. The maximum absolute atomic E-state index is 12.5. The lowest BCUT2D eigenvalue weighted by Gasteiger charge is -2.25. The number of nitrogens with zero attached hydrogens (tertiary/aromatic N) is 1. The van der Waals surface area contributed by atoms with Gasteiger partial charge in [0.1, 0.15) is 12.6 Å². The summed E-state index contributed by atoms with van der Waals surface area (Å²) in [6, 6.07) is 12.2. The van der Waals surface area contributed by atoms with E-state index in [0.29, 0.717) is 0 Å². The Morgan fingerprint density at radius 2 is 1.66 bits per heavy atom.